The van der Waals surface area contributed by atoms with Crippen LogP contribution in [0.3, 0.4) is 0 Å². The molecule has 0 aliphatic carbocycles. The van der Waals surface area contributed by atoms with E-state index < -0.39 is 0 Å². The van der Waals surface area contributed by atoms with Crippen molar-refractivity contribution in [2.24, 2.45) is 5.10 Å². The summed E-state index contributed by atoms with van der Waals surface area (Å²) >= 11 is 1.71. The van der Waals surface area contributed by atoms with Gasteiger partial charge in [-0.25, -0.2) is 4.39 Å². The van der Waals surface area contributed by atoms with Gasteiger partial charge in [0, 0.05) is 31.7 Å². The van der Waals surface area contributed by atoms with E-state index in [1.165, 1.54) is 17.0 Å². The van der Waals surface area contributed by atoms with E-state index in [-0.39, 0.29) is 12.0 Å². The third kappa shape index (κ3) is 2.47. The van der Waals surface area contributed by atoms with Gasteiger partial charge in [0.2, 0.25) is 5.96 Å². The van der Waals surface area contributed by atoms with E-state index in [4.69, 9.17) is 0 Å². The summed E-state index contributed by atoms with van der Waals surface area (Å²) in [7, 11) is 5.92. The summed E-state index contributed by atoms with van der Waals surface area (Å²) in [6.45, 7) is 0. The maximum atomic E-state index is 13.0. The quantitative estimate of drug-likeness (QED) is 0.851. The van der Waals surface area contributed by atoms with Gasteiger partial charge in [0.1, 0.15) is 5.82 Å². The van der Waals surface area contributed by atoms with Crippen LogP contribution in [-0.2, 0) is 0 Å². The second kappa shape index (κ2) is 5.37. The lowest BCUT2D eigenvalue weighted by molar-refractivity contribution is 0.186. The molecule has 0 saturated heterocycles. The summed E-state index contributed by atoms with van der Waals surface area (Å²) in [5.41, 5.74) is 0.905. The number of thiophene rings is 1. The SMILES string of the molecule is CN(C1=NN(C)C(c2cccs2)N1C)c1ccc(F)cc1. The lowest BCUT2D eigenvalue weighted by Crippen LogP contribution is -2.39. The van der Waals surface area contributed by atoms with Gasteiger partial charge in [-0.05, 0) is 35.7 Å². The zero-order valence-corrected chi connectivity index (χ0v) is 13.0. The molecule has 1 aromatic carbocycles. The molecule has 1 aliphatic rings. The number of hydrogen-bond donors (Lipinski definition) is 0. The monoisotopic (exact) mass is 304 g/mol. The van der Waals surface area contributed by atoms with Crippen molar-refractivity contribution in [3.63, 3.8) is 0 Å². The Morgan fingerprint density at radius 1 is 1.19 bits per heavy atom. The van der Waals surface area contributed by atoms with Crippen molar-refractivity contribution >= 4 is 23.0 Å². The number of nitrogens with zero attached hydrogens (tertiary/aromatic N) is 4. The van der Waals surface area contributed by atoms with Crippen molar-refractivity contribution in [3.8, 4) is 0 Å². The predicted molar refractivity (Wildman–Crippen MR) is 84.8 cm³/mol. The first-order chi connectivity index (χ1) is 10.1. The molecule has 0 spiro atoms. The van der Waals surface area contributed by atoms with Crippen LogP contribution in [0, 0.1) is 5.82 Å². The average molecular weight is 304 g/mol. The maximum Gasteiger partial charge on any atom is 0.225 e. The Morgan fingerprint density at radius 2 is 1.90 bits per heavy atom. The third-order valence-corrected chi connectivity index (χ3v) is 4.51. The van der Waals surface area contributed by atoms with E-state index in [2.05, 4.69) is 21.4 Å². The number of rotatable bonds is 2. The molecule has 1 unspecified atom stereocenters. The normalized spacial score (nSPS) is 18.1. The fourth-order valence-corrected chi connectivity index (χ4v) is 3.43. The zero-order chi connectivity index (χ0) is 15.0. The summed E-state index contributed by atoms with van der Waals surface area (Å²) in [5, 5.41) is 8.63. The lowest BCUT2D eigenvalue weighted by Gasteiger charge is -2.29. The van der Waals surface area contributed by atoms with E-state index >= 15 is 0 Å². The van der Waals surface area contributed by atoms with Crippen LogP contribution in [0.15, 0.2) is 46.9 Å². The molecule has 0 bridgehead atoms. The number of benzene rings is 1. The molecule has 0 amide bonds. The van der Waals surface area contributed by atoms with Gasteiger partial charge < -0.3 is 9.80 Å². The van der Waals surface area contributed by atoms with Crippen molar-refractivity contribution in [1.29, 1.82) is 0 Å². The summed E-state index contributed by atoms with van der Waals surface area (Å²) in [6, 6.07) is 10.6. The Hall–Kier alpha value is -2.08. The molecular formula is C15H17FN4S. The van der Waals surface area contributed by atoms with E-state index in [9.17, 15) is 4.39 Å². The Kier molecular flexibility index (Phi) is 3.55. The maximum absolute atomic E-state index is 13.0. The lowest BCUT2D eigenvalue weighted by atomic mass is 10.3. The van der Waals surface area contributed by atoms with E-state index in [0.29, 0.717) is 0 Å². The van der Waals surface area contributed by atoms with Gasteiger partial charge in [-0.15, -0.1) is 16.4 Å². The van der Waals surface area contributed by atoms with Gasteiger partial charge in [-0.2, -0.15) is 0 Å². The molecule has 21 heavy (non-hydrogen) atoms. The molecular weight excluding hydrogens is 287 g/mol. The first-order valence-corrected chi connectivity index (χ1v) is 7.53. The third-order valence-electron chi connectivity index (χ3n) is 3.60. The van der Waals surface area contributed by atoms with Gasteiger partial charge in [-0.1, -0.05) is 6.07 Å². The van der Waals surface area contributed by atoms with Crippen LogP contribution in [-0.4, -0.2) is 37.0 Å². The molecule has 2 heterocycles. The van der Waals surface area contributed by atoms with Crippen LogP contribution in [0.2, 0.25) is 0 Å². The zero-order valence-electron chi connectivity index (χ0n) is 12.2. The number of anilines is 1. The molecule has 1 aliphatic heterocycles. The van der Waals surface area contributed by atoms with Crippen molar-refractivity contribution in [2.75, 3.05) is 26.0 Å². The van der Waals surface area contributed by atoms with Gasteiger partial charge in [0.15, 0.2) is 6.17 Å². The highest BCUT2D eigenvalue weighted by Gasteiger charge is 2.33. The largest absolute Gasteiger partial charge is 0.318 e. The summed E-state index contributed by atoms with van der Waals surface area (Å²) < 4.78 is 13.0. The van der Waals surface area contributed by atoms with Crippen LogP contribution in [0.4, 0.5) is 10.1 Å². The Bertz CT molecular complexity index is 638. The van der Waals surface area contributed by atoms with Crippen LogP contribution in [0.25, 0.3) is 0 Å². The molecule has 0 fully saturated rings. The van der Waals surface area contributed by atoms with Crippen molar-refractivity contribution in [3.05, 3.63) is 52.5 Å². The Labute approximate surface area is 127 Å². The van der Waals surface area contributed by atoms with Gasteiger partial charge >= 0.3 is 0 Å². The number of halogens is 1. The van der Waals surface area contributed by atoms with E-state index in [0.717, 1.165) is 11.6 Å². The molecule has 2 aromatic rings. The van der Waals surface area contributed by atoms with Crippen molar-refractivity contribution < 1.29 is 4.39 Å². The first-order valence-electron chi connectivity index (χ1n) is 6.65. The molecule has 0 saturated carbocycles. The standard InChI is InChI=1S/C15H17FN4S/c1-18(12-8-6-11(16)7-9-12)15-17-20(3)14(19(15)2)13-5-4-10-21-13/h4-10,14H,1-3H3. The van der Waals surface area contributed by atoms with Gasteiger partial charge in [0.25, 0.3) is 0 Å². The van der Waals surface area contributed by atoms with Gasteiger partial charge in [0.05, 0.1) is 0 Å². The molecule has 0 radical (unpaired) electrons. The molecule has 6 heteroatoms. The number of hydrogen-bond acceptors (Lipinski definition) is 5. The highest BCUT2D eigenvalue weighted by Crippen LogP contribution is 2.32. The van der Waals surface area contributed by atoms with E-state index in [1.54, 1.807) is 23.5 Å². The molecule has 4 nitrogen and oxygen atoms in total. The topological polar surface area (TPSA) is 22.1 Å². The summed E-state index contributed by atoms with van der Waals surface area (Å²) in [6.07, 6.45) is 0.0999. The van der Waals surface area contributed by atoms with Crippen molar-refractivity contribution in [2.45, 2.75) is 6.17 Å². The summed E-state index contributed by atoms with van der Waals surface area (Å²) in [4.78, 5) is 5.32. The van der Waals surface area contributed by atoms with Crippen molar-refractivity contribution in [1.82, 2.24) is 9.91 Å². The smallest absolute Gasteiger partial charge is 0.225 e. The minimum Gasteiger partial charge on any atom is -0.318 e. The second-order valence-corrected chi connectivity index (χ2v) is 5.99. The molecule has 3 rings (SSSR count). The average Bonchev–Trinajstić information content (AvgIpc) is 3.07. The minimum absolute atomic E-state index is 0.0999. The predicted octanol–water partition coefficient (Wildman–Crippen LogP) is 3.17. The Balaban J connectivity index is 1.86. The second-order valence-electron chi connectivity index (χ2n) is 5.01. The van der Waals surface area contributed by atoms with Crippen LogP contribution >= 0.6 is 11.3 Å². The molecule has 110 valence electrons. The Morgan fingerprint density at radius 3 is 2.52 bits per heavy atom. The molecule has 1 aromatic heterocycles. The molecule has 0 N–H and O–H groups in total. The number of guanidine groups is 1. The fraction of sp³-hybridized carbons (Fsp3) is 0.267. The van der Waals surface area contributed by atoms with Crippen LogP contribution in [0.5, 0.6) is 0 Å². The fourth-order valence-electron chi connectivity index (χ4n) is 2.52. The van der Waals surface area contributed by atoms with Crippen LogP contribution < -0.4 is 4.90 Å². The highest BCUT2D eigenvalue weighted by molar-refractivity contribution is 7.10. The van der Waals surface area contributed by atoms with E-state index in [1.807, 2.05) is 37.1 Å². The molecule has 1 atom stereocenters. The summed E-state index contributed by atoms with van der Waals surface area (Å²) in [5.74, 6) is 0.602. The minimum atomic E-state index is -0.234. The number of hydrazone groups is 1. The highest BCUT2D eigenvalue weighted by atomic mass is 32.1. The van der Waals surface area contributed by atoms with Crippen LogP contribution in [0.1, 0.15) is 11.0 Å². The first kappa shape index (κ1) is 13.9. The van der Waals surface area contributed by atoms with Gasteiger partial charge in [-0.3, -0.25) is 5.01 Å².